The van der Waals surface area contributed by atoms with E-state index in [0.29, 0.717) is 13.0 Å². The maximum absolute atomic E-state index is 12.7. The Hall–Kier alpha value is -1.35. The number of ether oxygens (including phenoxy) is 3. The summed E-state index contributed by atoms with van der Waals surface area (Å²) in [6, 6.07) is 0. The van der Waals surface area contributed by atoms with Gasteiger partial charge in [0.05, 0.1) is 32.5 Å². The number of hydrogen-bond donors (Lipinski definition) is 4. The molecule has 1 aliphatic rings. The van der Waals surface area contributed by atoms with Crippen LogP contribution in [0.3, 0.4) is 0 Å². The molecule has 1 unspecified atom stereocenters. The lowest BCUT2D eigenvalue weighted by atomic mass is 9.88. The summed E-state index contributed by atoms with van der Waals surface area (Å²) in [5.74, 6) is -0.927. The summed E-state index contributed by atoms with van der Waals surface area (Å²) in [5, 5.41) is 39.5. The highest BCUT2D eigenvalue weighted by atomic mass is 16.6. The summed E-state index contributed by atoms with van der Waals surface area (Å²) in [7, 11) is 0. The lowest BCUT2D eigenvalue weighted by Gasteiger charge is -2.34. The lowest BCUT2D eigenvalue weighted by Crippen LogP contribution is -2.50. The fourth-order valence-electron chi connectivity index (χ4n) is 4.70. The van der Waals surface area contributed by atoms with Crippen molar-refractivity contribution in [2.24, 2.45) is 0 Å². The molecule has 0 amide bonds. The summed E-state index contributed by atoms with van der Waals surface area (Å²) < 4.78 is 17.1. The van der Waals surface area contributed by atoms with Crippen LogP contribution in [-0.4, -0.2) is 70.6 Å². The van der Waals surface area contributed by atoms with E-state index in [-0.39, 0.29) is 24.5 Å². The number of cyclic esters (lactones) is 1. The normalized spacial score (nSPS) is 19.2. The minimum atomic E-state index is -1.80. The van der Waals surface area contributed by atoms with Crippen molar-refractivity contribution in [1.29, 1.82) is 0 Å². The number of rotatable bonds is 25. The van der Waals surface area contributed by atoms with Crippen molar-refractivity contribution in [3.05, 3.63) is 11.5 Å². The van der Waals surface area contributed by atoms with Gasteiger partial charge in [0.25, 0.3) is 0 Å². The first-order chi connectivity index (χ1) is 18.0. The highest BCUT2D eigenvalue weighted by molar-refractivity contribution is 5.90. The van der Waals surface area contributed by atoms with Gasteiger partial charge in [0, 0.05) is 6.42 Å². The van der Waals surface area contributed by atoms with Gasteiger partial charge in [-0.3, -0.25) is 0 Å². The molecule has 0 fully saturated rings. The standard InChI is InChI=1S/C29H54O8/c1-3-5-7-8-9-10-11-12-13-14-15-16-17-18-20-35-26-27(36-19-6-4-2)29(25(33)23-31,37-28(26)34)21-24(32)22-30/h24-25,30-33H,3-23H2,1-2H3/t24?,25-,29+/m0/s1. The van der Waals surface area contributed by atoms with Crippen molar-refractivity contribution in [3.63, 3.8) is 0 Å². The minimum absolute atomic E-state index is 0.00892. The lowest BCUT2D eigenvalue weighted by molar-refractivity contribution is -0.171. The molecule has 8 nitrogen and oxygen atoms in total. The second-order valence-corrected chi connectivity index (χ2v) is 10.3. The van der Waals surface area contributed by atoms with Gasteiger partial charge < -0.3 is 34.6 Å². The summed E-state index contributed by atoms with van der Waals surface area (Å²) in [6.45, 7) is 3.51. The highest BCUT2D eigenvalue weighted by Crippen LogP contribution is 2.41. The topological polar surface area (TPSA) is 126 Å². The van der Waals surface area contributed by atoms with E-state index < -0.39 is 37.0 Å². The first kappa shape index (κ1) is 33.7. The van der Waals surface area contributed by atoms with Crippen molar-refractivity contribution in [1.82, 2.24) is 0 Å². The van der Waals surface area contributed by atoms with Crippen LogP contribution < -0.4 is 0 Å². The van der Waals surface area contributed by atoms with Gasteiger partial charge in [0.15, 0.2) is 5.76 Å². The van der Waals surface area contributed by atoms with Crippen LogP contribution in [0.15, 0.2) is 11.5 Å². The predicted octanol–water partition coefficient (Wildman–Crippen LogP) is 4.90. The predicted molar refractivity (Wildman–Crippen MR) is 144 cm³/mol. The molecule has 37 heavy (non-hydrogen) atoms. The van der Waals surface area contributed by atoms with E-state index in [9.17, 15) is 25.2 Å². The Morgan fingerprint density at radius 2 is 1.19 bits per heavy atom. The number of hydrogen-bond acceptors (Lipinski definition) is 8. The molecule has 0 bridgehead atoms. The molecule has 218 valence electrons. The highest BCUT2D eigenvalue weighted by Gasteiger charge is 2.56. The van der Waals surface area contributed by atoms with E-state index in [4.69, 9.17) is 14.2 Å². The quantitative estimate of drug-likeness (QED) is 0.0970. The van der Waals surface area contributed by atoms with E-state index >= 15 is 0 Å². The smallest absolute Gasteiger partial charge is 0.378 e. The van der Waals surface area contributed by atoms with Gasteiger partial charge in [-0.25, -0.2) is 4.79 Å². The second kappa shape index (κ2) is 20.6. The molecule has 0 aromatic rings. The molecule has 0 spiro atoms. The van der Waals surface area contributed by atoms with Crippen LogP contribution in [0.4, 0.5) is 0 Å². The maximum Gasteiger partial charge on any atom is 0.378 e. The molecule has 1 heterocycles. The van der Waals surface area contributed by atoms with Gasteiger partial charge in [-0.2, -0.15) is 0 Å². The number of aliphatic hydroxyl groups is 4. The molecule has 1 aliphatic heterocycles. The molecule has 4 N–H and O–H groups in total. The van der Waals surface area contributed by atoms with Gasteiger partial charge in [-0.1, -0.05) is 104 Å². The minimum Gasteiger partial charge on any atom is -0.490 e. The Morgan fingerprint density at radius 3 is 1.68 bits per heavy atom. The van der Waals surface area contributed by atoms with Crippen LogP contribution in [0.25, 0.3) is 0 Å². The van der Waals surface area contributed by atoms with Gasteiger partial charge in [-0.15, -0.1) is 0 Å². The molecule has 0 saturated heterocycles. The fraction of sp³-hybridized carbons (Fsp3) is 0.897. The van der Waals surface area contributed by atoms with Crippen molar-refractivity contribution >= 4 is 5.97 Å². The number of carbonyl (C=O) groups is 1. The van der Waals surface area contributed by atoms with Gasteiger partial charge in [-0.05, 0) is 12.8 Å². The molecular weight excluding hydrogens is 476 g/mol. The fourth-order valence-corrected chi connectivity index (χ4v) is 4.70. The van der Waals surface area contributed by atoms with Gasteiger partial charge in [0.1, 0.15) is 6.10 Å². The summed E-state index contributed by atoms with van der Waals surface area (Å²) in [5.41, 5.74) is -1.80. The zero-order valence-corrected chi connectivity index (χ0v) is 23.4. The monoisotopic (exact) mass is 530 g/mol. The van der Waals surface area contributed by atoms with Crippen LogP contribution >= 0.6 is 0 Å². The molecule has 8 heteroatoms. The van der Waals surface area contributed by atoms with Crippen LogP contribution in [0.2, 0.25) is 0 Å². The van der Waals surface area contributed by atoms with Crippen molar-refractivity contribution in [2.75, 3.05) is 26.4 Å². The van der Waals surface area contributed by atoms with E-state index in [2.05, 4.69) is 6.92 Å². The van der Waals surface area contributed by atoms with E-state index in [1.54, 1.807) is 0 Å². The first-order valence-corrected chi connectivity index (χ1v) is 14.8. The number of carbonyl (C=O) groups excluding carboxylic acids is 1. The van der Waals surface area contributed by atoms with Crippen LogP contribution in [0.5, 0.6) is 0 Å². The SMILES string of the molecule is CCCCCCCCCCCCCCCCOC1=C(OCCCC)[C@@](CC(O)CO)([C@@H](O)CO)OC1=O. The molecule has 0 aromatic heterocycles. The number of aliphatic hydroxyl groups excluding tert-OH is 4. The third-order valence-electron chi connectivity index (χ3n) is 7.00. The van der Waals surface area contributed by atoms with E-state index in [0.717, 1.165) is 25.7 Å². The van der Waals surface area contributed by atoms with Crippen LogP contribution in [0, 0.1) is 0 Å². The summed E-state index contributed by atoms with van der Waals surface area (Å²) in [4.78, 5) is 12.7. The number of esters is 1. The largest absolute Gasteiger partial charge is 0.490 e. The first-order valence-electron chi connectivity index (χ1n) is 14.8. The molecule has 1 rings (SSSR count). The Labute approximate surface area is 224 Å². The third kappa shape index (κ3) is 12.4. The van der Waals surface area contributed by atoms with Gasteiger partial charge in [0.2, 0.25) is 11.4 Å². The van der Waals surface area contributed by atoms with Crippen LogP contribution in [0.1, 0.15) is 123 Å². The number of unbranched alkanes of at least 4 members (excludes halogenated alkanes) is 14. The van der Waals surface area contributed by atoms with E-state index in [1.165, 1.54) is 70.6 Å². The molecule has 3 atom stereocenters. The Morgan fingerprint density at radius 1 is 0.703 bits per heavy atom. The van der Waals surface area contributed by atoms with Gasteiger partial charge >= 0.3 is 5.97 Å². The average molecular weight is 531 g/mol. The Kier molecular flexibility index (Phi) is 18.7. The summed E-state index contributed by atoms with van der Waals surface area (Å²) in [6.07, 6.45) is 15.9. The molecular formula is C29H54O8. The molecule has 0 aromatic carbocycles. The maximum atomic E-state index is 12.7. The van der Waals surface area contributed by atoms with Crippen molar-refractivity contribution in [3.8, 4) is 0 Å². The second-order valence-electron chi connectivity index (χ2n) is 10.3. The van der Waals surface area contributed by atoms with Crippen LogP contribution in [-0.2, 0) is 19.0 Å². The molecule has 0 aliphatic carbocycles. The molecule has 0 saturated carbocycles. The Bertz CT molecular complexity index is 623. The van der Waals surface area contributed by atoms with Crippen molar-refractivity contribution < 1.29 is 39.4 Å². The summed E-state index contributed by atoms with van der Waals surface area (Å²) >= 11 is 0. The van der Waals surface area contributed by atoms with Crippen molar-refractivity contribution in [2.45, 2.75) is 141 Å². The zero-order valence-electron chi connectivity index (χ0n) is 23.4. The zero-order chi connectivity index (χ0) is 27.4. The average Bonchev–Trinajstić information content (AvgIpc) is 3.16. The van der Waals surface area contributed by atoms with E-state index in [1.807, 2.05) is 6.92 Å². The molecule has 0 radical (unpaired) electrons. The Balaban J connectivity index is 2.46. The third-order valence-corrected chi connectivity index (χ3v) is 7.00.